The number of fused-ring (bicyclic) bond motifs is 1. The van der Waals surface area contributed by atoms with Crippen molar-refractivity contribution in [2.24, 2.45) is 0 Å². The van der Waals surface area contributed by atoms with Gasteiger partial charge in [-0.1, -0.05) is 22.9 Å². The molecule has 0 saturated heterocycles. The van der Waals surface area contributed by atoms with Crippen molar-refractivity contribution in [1.82, 2.24) is 30.6 Å². The normalized spacial score (nSPS) is 11.0. The number of aromatic nitrogens is 6. The van der Waals surface area contributed by atoms with Gasteiger partial charge in [-0.15, -0.1) is 10.2 Å². The van der Waals surface area contributed by atoms with Gasteiger partial charge in [0.1, 0.15) is 11.4 Å². The fourth-order valence-electron chi connectivity index (χ4n) is 2.81. The Bertz CT molecular complexity index is 1090. The van der Waals surface area contributed by atoms with Gasteiger partial charge in [0.2, 0.25) is 5.78 Å². The van der Waals surface area contributed by atoms with Crippen LogP contribution in [-0.2, 0) is 6.42 Å². The highest BCUT2D eigenvalue weighted by atomic mass is 35.5. The number of rotatable bonds is 5. The van der Waals surface area contributed by atoms with Crippen LogP contribution in [0.2, 0.25) is 5.02 Å². The Morgan fingerprint density at radius 3 is 2.92 bits per heavy atom. The van der Waals surface area contributed by atoms with Gasteiger partial charge in [0.05, 0.1) is 12.8 Å². The maximum atomic E-state index is 13.1. The zero-order valence-corrected chi connectivity index (χ0v) is 14.4. The van der Waals surface area contributed by atoms with E-state index in [2.05, 4.69) is 30.6 Å². The lowest BCUT2D eigenvalue weighted by Crippen LogP contribution is -2.08. The minimum absolute atomic E-state index is 0.255. The number of methoxy groups -OCH3 is 1. The molecule has 0 amide bonds. The molecular weight excluding hydrogens is 356 g/mol. The molecule has 0 fully saturated rings. The smallest absolute Gasteiger partial charge is 0.227 e. The number of hydrogen-bond donors (Lipinski definition) is 2. The predicted octanol–water partition coefficient (Wildman–Crippen LogP) is 2.56. The Morgan fingerprint density at radius 1 is 1.27 bits per heavy atom. The fourth-order valence-corrected chi connectivity index (χ4v) is 2.98. The number of H-pyrrole nitrogens is 2. The van der Waals surface area contributed by atoms with E-state index in [4.69, 9.17) is 16.3 Å². The summed E-state index contributed by atoms with van der Waals surface area (Å²) in [7, 11) is 1.54. The molecule has 9 heteroatoms. The summed E-state index contributed by atoms with van der Waals surface area (Å²) < 4.78 is 5.18. The number of nitrogens with one attached hydrogen (secondary N) is 2. The number of benzene rings is 1. The highest BCUT2D eigenvalue weighted by Gasteiger charge is 2.22. The van der Waals surface area contributed by atoms with E-state index in [1.807, 2.05) is 6.07 Å². The fraction of sp³-hybridized carbons (Fsp3) is 0.118. The number of pyridine rings is 1. The van der Waals surface area contributed by atoms with E-state index in [0.29, 0.717) is 28.7 Å². The largest absolute Gasteiger partial charge is 0.497 e. The maximum Gasteiger partial charge on any atom is 0.227 e. The monoisotopic (exact) mass is 368 g/mol. The van der Waals surface area contributed by atoms with Crippen LogP contribution in [0.25, 0.3) is 10.9 Å². The molecule has 3 heterocycles. The molecule has 0 aliphatic heterocycles. The molecule has 0 radical (unpaired) electrons. The van der Waals surface area contributed by atoms with Crippen LogP contribution in [0.4, 0.5) is 0 Å². The van der Waals surface area contributed by atoms with Crippen molar-refractivity contribution < 1.29 is 9.53 Å². The van der Waals surface area contributed by atoms with E-state index < -0.39 is 0 Å². The minimum atomic E-state index is -0.255. The van der Waals surface area contributed by atoms with E-state index in [0.717, 1.165) is 16.5 Å². The minimum Gasteiger partial charge on any atom is -0.497 e. The zero-order chi connectivity index (χ0) is 18.1. The average Bonchev–Trinajstić information content (AvgIpc) is 3.29. The summed E-state index contributed by atoms with van der Waals surface area (Å²) in [6.07, 6.45) is 1.87. The average molecular weight is 369 g/mol. The maximum absolute atomic E-state index is 13.1. The molecule has 4 aromatic rings. The van der Waals surface area contributed by atoms with Gasteiger partial charge >= 0.3 is 0 Å². The van der Waals surface area contributed by atoms with Crippen LogP contribution in [0.1, 0.15) is 27.6 Å². The summed E-state index contributed by atoms with van der Waals surface area (Å²) in [4.78, 5) is 20.4. The Labute approximate surface area is 152 Å². The third-order valence-corrected chi connectivity index (χ3v) is 4.25. The highest BCUT2D eigenvalue weighted by molar-refractivity contribution is 6.31. The topological polar surface area (TPSA) is 109 Å². The van der Waals surface area contributed by atoms with Crippen molar-refractivity contribution in [1.29, 1.82) is 0 Å². The SMILES string of the molecule is COc1ccnc(C(=O)c2[nH]c3cc(Cl)ccc3c2Cc2nn[nH]n2)c1. The van der Waals surface area contributed by atoms with Gasteiger partial charge in [-0.3, -0.25) is 9.78 Å². The van der Waals surface area contributed by atoms with E-state index in [1.165, 1.54) is 13.3 Å². The molecule has 1 aromatic carbocycles. The molecule has 3 aromatic heterocycles. The van der Waals surface area contributed by atoms with Gasteiger partial charge in [0.15, 0.2) is 5.82 Å². The summed E-state index contributed by atoms with van der Waals surface area (Å²) in [5.74, 6) is 0.783. The van der Waals surface area contributed by atoms with Crippen LogP contribution in [0.5, 0.6) is 5.75 Å². The van der Waals surface area contributed by atoms with Crippen molar-refractivity contribution >= 4 is 28.3 Å². The summed E-state index contributed by atoms with van der Waals surface area (Å²) >= 11 is 6.09. The lowest BCUT2D eigenvalue weighted by Gasteiger charge is -2.04. The van der Waals surface area contributed by atoms with Crippen LogP contribution in [0, 0.1) is 0 Å². The first kappa shape index (κ1) is 16.2. The van der Waals surface area contributed by atoms with Gasteiger partial charge in [0, 0.05) is 34.6 Å². The first-order valence-corrected chi connectivity index (χ1v) is 8.10. The first-order valence-electron chi connectivity index (χ1n) is 7.73. The number of tetrazole rings is 1. The standard InChI is InChI=1S/C17H13ClN6O2/c1-26-10-4-5-19-14(7-10)17(25)16-12(8-15-21-23-24-22-15)11-3-2-9(18)6-13(11)20-16/h2-7,20H,8H2,1H3,(H,21,22,23,24). The Hall–Kier alpha value is -3.26. The second-order valence-electron chi connectivity index (χ2n) is 5.58. The van der Waals surface area contributed by atoms with Gasteiger partial charge < -0.3 is 9.72 Å². The molecule has 130 valence electrons. The van der Waals surface area contributed by atoms with Crippen molar-refractivity contribution in [2.45, 2.75) is 6.42 Å². The van der Waals surface area contributed by atoms with Crippen LogP contribution in [-0.4, -0.2) is 43.5 Å². The zero-order valence-electron chi connectivity index (χ0n) is 13.7. The number of aromatic amines is 2. The number of carbonyl (C=O) groups excluding carboxylic acids is 1. The quantitative estimate of drug-likeness (QED) is 0.524. The van der Waals surface area contributed by atoms with Crippen LogP contribution in [0.15, 0.2) is 36.5 Å². The molecule has 0 saturated carbocycles. The molecule has 26 heavy (non-hydrogen) atoms. The van der Waals surface area contributed by atoms with Gasteiger partial charge in [0.25, 0.3) is 0 Å². The predicted molar refractivity (Wildman–Crippen MR) is 94.5 cm³/mol. The van der Waals surface area contributed by atoms with Crippen molar-refractivity contribution in [3.8, 4) is 5.75 Å². The molecule has 0 aliphatic carbocycles. The lowest BCUT2D eigenvalue weighted by molar-refractivity contribution is 0.102. The van der Waals surface area contributed by atoms with Crippen LogP contribution in [0.3, 0.4) is 0 Å². The third kappa shape index (κ3) is 2.91. The second-order valence-corrected chi connectivity index (χ2v) is 6.02. The molecule has 0 bridgehead atoms. The van der Waals surface area contributed by atoms with Crippen molar-refractivity contribution in [2.75, 3.05) is 7.11 Å². The summed E-state index contributed by atoms with van der Waals surface area (Å²) in [5.41, 5.74) is 2.19. The first-order chi connectivity index (χ1) is 12.7. The molecule has 8 nitrogen and oxygen atoms in total. The van der Waals surface area contributed by atoms with E-state index >= 15 is 0 Å². The highest BCUT2D eigenvalue weighted by Crippen LogP contribution is 2.28. The second kappa shape index (κ2) is 6.57. The number of hydrogen-bond acceptors (Lipinski definition) is 6. The van der Waals surface area contributed by atoms with Crippen molar-refractivity contribution in [3.63, 3.8) is 0 Å². The Kier molecular flexibility index (Phi) is 4.10. The molecule has 4 rings (SSSR count). The van der Waals surface area contributed by atoms with Crippen LogP contribution < -0.4 is 4.74 Å². The van der Waals surface area contributed by atoms with E-state index in [1.54, 1.807) is 24.3 Å². The van der Waals surface area contributed by atoms with E-state index in [9.17, 15) is 4.79 Å². The van der Waals surface area contributed by atoms with E-state index in [-0.39, 0.29) is 11.5 Å². The van der Waals surface area contributed by atoms with Crippen molar-refractivity contribution in [3.05, 3.63) is 64.3 Å². The van der Waals surface area contributed by atoms with Gasteiger partial charge in [-0.25, -0.2) is 0 Å². The van der Waals surface area contributed by atoms with Crippen LogP contribution >= 0.6 is 11.6 Å². The third-order valence-electron chi connectivity index (χ3n) is 4.02. The number of nitrogens with zero attached hydrogens (tertiary/aromatic N) is 4. The Balaban J connectivity index is 1.85. The van der Waals surface area contributed by atoms with Gasteiger partial charge in [-0.05, 0) is 23.8 Å². The Morgan fingerprint density at radius 2 is 2.15 bits per heavy atom. The number of ether oxygens (including phenoxy) is 1. The lowest BCUT2D eigenvalue weighted by atomic mass is 10.0. The molecular formula is C17H13ClN6O2. The summed E-state index contributed by atoms with van der Waals surface area (Å²) in [6, 6.07) is 8.68. The number of ketones is 1. The summed E-state index contributed by atoms with van der Waals surface area (Å²) in [6.45, 7) is 0. The molecule has 0 unspecified atom stereocenters. The number of carbonyl (C=O) groups is 1. The molecule has 0 spiro atoms. The number of halogens is 1. The van der Waals surface area contributed by atoms with Gasteiger partial charge in [-0.2, -0.15) is 5.21 Å². The molecule has 2 N–H and O–H groups in total. The molecule has 0 aliphatic rings. The molecule has 0 atom stereocenters. The summed E-state index contributed by atoms with van der Waals surface area (Å²) in [5, 5.41) is 15.4.